The van der Waals surface area contributed by atoms with Gasteiger partial charge in [0, 0.05) is 5.56 Å². The van der Waals surface area contributed by atoms with Crippen LogP contribution >= 0.6 is 11.3 Å². The number of nitrogens with one attached hydrogen (secondary N) is 2. The Morgan fingerprint density at radius 3 is 2.41 bits per heavy atom. The van der Waals surface area contributed by atoms with Gasteiger partial charge in [0.1, 0.15) is 5.01 Å². The molecule has 0 spiro atoms. The van der Waals surface area contributed by atoms with Gasteiger partial charge in [0.25, 0.3) is 0 Å². The number of carbonyl (C=O) groups excluding carboxylic acids is 3. The number of hydrogen-bond donors (Lipinski definition) is 2. The van der Waals surface area contributed by atoms with Gasteiger partial charge in [-0.25, -0.2) is 10.2 Å². The number of hydrogen-bond acceptors (Lipinski definition) is 8. The summed E-state index contributed by atoms with van der Waals surface area (Å²) in [7, 11) is 1.29. The molecular weight excluding hydrogens is 394 g/mol. The summed E-state index contributed by atoms with van der Waals surface area (Å²) in [5.41, 5.74) is 3.99. The summed E-state index contributed by atoms with van der Waals surface area (Å²) < 4.78 is 4.61. The van der Waals surface area contributed by atoms with Crippen molar-refractivity contribution in [3.63, 3.8) is 0 Å². The second kappa shape index (κ2) is 9.33. The molecule has 2 aromatic carbocycles. The lowest BCUT2D eigenvalue weighted by Gasteiger charge is -2.00. The number of methoxy groups -OCH3 is 1. The Bertz CT molecular complexity index is 1050. The summed E-state index contributed by atoms with van der Waals surface area (Å²) in [6.45, 7) is 0. The molecule has 0 aliphatic rings. The molecule has 146 valence electrons. The maximum atomic E-state index is 11.9. The van der Waals surface area contributed by atoms with Crippen LogP contribution in [0.5, 0.6) is 0 Å². The van der Waals surface area contributed by atoms with Crippen LogP contribution in [-0.4, -0.2) is 41.3 Å². The van der Waals surface area contributed by atoms with E-state index in [-0.39, 0.29) is 5.13 Å². The minimum Gasteiger partial charge on any atom is -0.465 e. The lowest BCUT2D eigenvalue weighted by Crippen LogP contribution is -2.32. The third-order valence-electron chi connectivity index (χ3n) is 3.58. The molecule has 2 N–H and O–H groups in total. The number of carbonyl (C=O) groups is 3. The van der Waals surface area contributed by atoms with E-state index in [0.29, 0.717) is 16.1 Å². The summed E-state index contributed by atoms with van der Waals surface area (Å²) in [5, 5.41) is 14.8. The number of ether oxygens (including phenoxy) is 1. The van der Waals surface area contributed by atoms with Crippen molar-refractivity contribution in [1.82, 2.24) is 15.6 Å². The van der Waals surface area contributed by atoms with E-state index in [1.807, 2.05) is 30.3 Å². The fourth-order valence-electron chi connectivity index (χ4n) is 2.16. The van der Waals surface area contributed by atoms with E-state index in [4.69, 9.17) is 0 Å². The number of aromatic nitrogens is 2. The zero-order chi connectivity index (χ0) is 20.6. The monoisotopic (exact) mass is 409 g/mol. The fourth-order valence-corrected chi connectivity index (χ4v) is 2.91. The third kappa shape index (κ3) is 5.30. The average molecular weight is 409 g/mol. The highest BCUT2D eigenvalue weighted by atomic mass is 32.1. The van der Waals surface area contributed by atoms with Crippen LogP contribution in [0, 0.1) is 0 Å². The maximum absolute atomic E-state index is 11.9. The van der Waals surface area contributed by atoms with Gasteiger partial charge in [0.2, 0.25) is 5.13 Å². The topological polar surface area (TPSA) is 123 Å². The van der Waals surface area contributed by atoms with Gasteiger partial charge in [-0.15, -0.1) is 10.2 Å². The standard InChI is InChI=1S/C19H15N5O4S/c1-28-18(27)14-9-7-12(8-10-14)11-20-22-16(26)15(25)21-19-24-23-17(29-19)13-5-3-2-4-6-13/h2-11H,1H3,(H,22,26)(H,21,24,25)/b20-11+. The molecule has 0 aliphatic heterocycles. The van der Waals surface area contributed by atoms with Crippen LogP contribution in [0.15, 0.2) is 59.7 Å². The number of amides is 2. The molecule has 29 heavy (non-hydrogen) atoms. The molecule has 1 heterocycles. The zero-order valence-corrected chi connectivity index (χ0v) is 16.0. The summed E-state index contributed by atoms with van der Waals surface area (Å²) in [6, 6.07) is 15.7. The number of anilines is 1. The van der Waals surface area contributed by atoms with Crippen LogP contribution in [0.3, 0.4) is 0 Å². The second-order valence-electron chi connectivity index (χ2n) is 5.55. The van der Waals surface area contributed by atoms with Gasteiger partial charge in [-0.3, -0.25) is 14.9 Å². The summed E-state index contributed by atoms with van der Waals surface area (Å²) in [6.07, 6.45) is 1.34. The first kappa shape index (κ1) is 19.8. The molecule has 10 heteroatoms. The molecule has 0 unspecified atom stereocenters. The molecule has 0 radical (unpaired) electrons. The Kier molecular flexibility index (Phi) is 6.38. The van der Waals surface area contributed by atoms with E-state index in [9.17, 15) is 14.4 Å². The van der Waals surface area contributed by atoms with Gasteiger partial charge in [0.05, 0.1) is 18.9 Å². The smallest absolute Gasteiger partial charge is 0.337 e. The van der Waals surface area contributed by atoms with Crippen molar-refractivity contribution in [2.75, 3.05) is 12.4 Å². The Morgan fingerprint density at radius 2 is 1.72 bits per heavy atom. The first-order chi connectivity index (χ1) is 14.1. The van der Waals surface area contributed by atoms with Crippen molar-refractivity contribution >= 4 is 40.5 Å². The van der Waals surface area contributed by atoms with E-state index in [1.54, 1.807) is 24.3 Å². The SMILES string of the molecule is COC(=O)c1ccc(/C=N/NC(=O)C(=O)Nc2nnc(-c3ccccc3)s2)cc1. The van der Waals surface area contributed by atoms with Crippen molar-refractivity contribution in [3.05, 3.63) is 65.7 Å². The van der Waals surface area contributed by atoms with Crippen molar-refractivity contribution in [2.24, 2.45) is 5.10 Å². The summed E-state index contributed by atoms with van der Waals surface area (Å²) in [5.74, 6) is -2.33. The molecule has 0 saturated carbocycles. The van der Waals surface area contributed by atoms with Crippen LogP contribution in [0.25, 0.3) is 10.6 Å². The second-order valence-corrected chi connectivity index (χ2v) is 6.52. The number of benzene rings is 2. The molecule has 0 atom stereocenters. The molecule has 9 nitrogen and oxygen atoms in total. The summed E-state index contributed by atoms with van der Waals surface area (Å²) >= 11 is 1.15. The first-order valence-electron chi connectivity index (χ1n) is 8.28. The van der Waals surface area contributed by atoms with Crippen LogP contribution in [0.2, 0.25) is 0 Å². The average Bonchev–Trinajstić information content (AvgIpc) is 3.22. The third-order valence-corrected chi connectivity index (χ3v) is 4.47. The van der Waals surface area contributed by atoms with Crippen LogP contribution < -0.4 is 10.7 Å². The molecule has 0 fully saturated rings. The number of nitrogens with zero attached hydrogens (tertiary/aromatic N) is 3. The number of esters is 1. The van der Waals surface area contributed by atoms with Crippen molar-refractivity contribution in [1.29, 1.82) is 0 Å². The van der Waals surface area contributed by atoms with Gasteiger partial charge in [-0.1, -0.05) is 53.8 Å². The highest BCUT2D eigenvalue weighted by molar-refractivity contribution is 7.18. The predicted molar refractivity (Wildman–Crippen MR) is 107 cm³/mol. The highest BCUT2D eigenvalue weighted by Gasteiger charge is 2.16. The minimum absolute atomic E-state index is 0.200. The van der Waals surface area contributed by atoms with Crippen molar-refractivity contribution in [2.45, 2.75) is 0 Å². The molecule has 3 rings (SSSR count). The van der Waals surface area contributed by atoms with Gasteiger partial charge in [-0.05, 0) is 17.7 Å². The molecule has 0 aliphatic carbocycles. The Labute approximate surface area is 169 Å². The quantitative estimate of drug-likeness (QED) is 0.288. The van der Waals surface area contributed by atoms with Gasteiger partial charge >= 0.3 is 17.8 Å². The van der Waals surface area contributed by atoms with E-state index >= 15 is 0 Å². The predicted octanol–water partition coefficient (Wildman–Crippen LogP) is 2.08. The Balaban J connectivity index is 1.53. The Morgan fingerprint density at radius 1 is 1.00 bits per heavy atom. The summed E-state index contributed by atoms with van der Waals surface area (Å²) in [4.78, 5) is 35.2. The van der Waals surface area contributed by atoms with Gasteiger partial charge in [0.15, 0.2) is 0 Å². The molecular formula is C19H15N5O4S. The minimum atomic E-state index is -0.955. The van der Waals surface area contributed by atoms with E-state index in [0.717, 1.165) is 16.9 Å². The van der Waals surface area contributed by atoms with E-state index in [2.05, 4.69) is 30.8 Å². The first-order valence-corrected chi connectivity index (χ1v) is 9.10. The van der Waals surface area contributed by atoms with Gasteiger partial charge in [-0.2, -0.15) is 5.10 Å². The zero-order valence-electron chi connectivity index (χ0n) is 15.2. The molecule has 0 bridgehead atoms. The lowest BCUT2D eigenvalue weighted by atomic mass is 10.1. The fraction of sp³-hybridized carbons (Fsp3) is 0.0526. The molecule has 0 saturated heterocycles. The van der Waals surface area contributed by atoms with Crippen LogP contribution in [-0.2, 0) is 14.3 Å². The number of hydrazone groups is 1. The van der Waals surface area contributed by atoms with Crippen molar-refractivity contribution in [3.8, 4) is 10.6 Å². The molecule has 1 aromatic heterocycles. The molecule has 3 aromatic rings. The maximum Gasteiger partial charge on any atom is 0.337 e. The lowest BCUT2D eigenvalue weighted by molar-refractivity contribution is -0.136. The van der Waals surface area contributed by atoms with Crippen LogP contribution in [0.4, 0.5) is 5.13 Å². The Hall–Kier alpha value is -3.92. The van der Waals surface area contributed by atoms with Crippen LogP contribution in [0.1, 0.15) is 15.9 Å². The number of rotatable bonds is 5. The largest absolute Gasteiger partial charge is 0.465 e. The van der Waals surface area contributed by atoms with E-state index in [1.165, 1.54) is 13.3 Å². The normalized spacial score (nSPS) is 10.5. The molecule has 2 amide bonds. The van der Waals surface area contributed by atoms with Gasteiger partial charge < -0.3 is 4.74 Å². The van der Waals surface area contributed by atoms with Crippen molar-refractivity contribution < 1.29 is 19.1 Å². The van der Waals surface area contributed by atoms with E-state index < -0.39 is 17.8 Å². The highest BCUT2D eigenvalue weighted by Crippen LogP contribution is 2.25.